The lowest BCUT2D eigenvalue weighted by atomic mass is 9.98. The van der Waals surface area contributed by atoms with E-state index in [1.807, 2.05) is 42.5 Å². The number of aromatic nitrogens is 1. The van der Waals surface area contributed by atoms with Crippen LogP contribution in [0.4, 0.5) is 17.1 Å². The van der Waals surface area contributed by atoms with E-state index in [0.717, 1.165) is 55.7 Å². The van der Waals surface area contributed by atoms with Gasteiger partial charge < -0.3 is 13.7 Å². The maximum absolute atomic E-state index is 6.49. The molecular weight excluding hydrogens is 528 g/mol. The van der Waals surface area contributed by atoms with Gasteiger partial charge >= 0.3 is 0 Å². The normalized spacial score (nSPS) is 11.7. The van der Waals surface area contributed by atoms with Crippen LogP contribution in [-0.4, -0.2) is 4.98 Å². The number of rotatable bonds is 4. The maximum atomic E-state index is 6.49. The molecule has 0 spiro atoms. The fourth-order valence-corrected chi connectivity index (χ4v) is 6.32. The van der Waals surface area contributed by atoms with Gasteiger partial charge in [0.15, 0.2) is 5.58 Å². The van der Waals surface area contributed by atoms with Crippen molar-refractivity contribution in [2.24, 2.45) is 0 Å². The lowest BCUT2D eigenvalue weighted by Gasteiger charge is -2.28. The molecule has 0 bridgehead atoms. The molecule has 0 N–H and O–H groups in total. The average molecular weight is 553 g/mol. The molecule has 0 fully saturated rings. The molecule has 0 radical (unpaired) electrons. The van der Waals surface area contributed by atoms with Crippen LogP contribution >= 0.6 is 0 Å². The Morgan fingerprint density at radius 1 is 0.465 bits per heavy atom. The molecule has 0 aliphatic heterocycles. The molecule has 0 saturated heterocycles. The van der Waals surface area contributed by atoms with Crippen LogP contribution in [0.2, 0.25) is 0 Å². The van der Waals surface area contributed by atoms with Crippen LogP contribution in [0, 0.1) is 0 Å². The molecule has 4 nitrogen and oxygen atoms in total. The third kappa shape index (κ3) is 3.74. The quantitative estimate of drug-likeness (QED) is 0.204. The second-order valence-electron chi connectivity index (χ2n) is 10.8. The summed E-state index contributed by atoms with van der Waals surface area (Å²) in [7, 11) is 0. The summed E-state index contributed by atoms with van der Waals surface area (Å²) in [5.41, 5.74) is 7.24. The van der Waals surface area contributed by atoms with Crippen molar-refractivity contribution in [3.05, 3.63) is 146 Å². The van der Waals surface area contributed by atoms with Gasteiger partial charge in [-0.1, -0.05) is 91.0 Å². The standard InChI is InChI=1S/C39H24N2O2/c1-3-12-25(13-4-1)39-40-32-24-36-31(23-37(32)43-39)38-33(20-11-21-35(38)42-36)41(27-15-5-2-6-16-27)34-22-26-14-7-8-17-28(26)29-18-9-10-19-30(29)34/h1-24H. The Hall–Kier alpha value is -5.87. The van der Waals surface area contributed by atoms with E-state index in [9.17, 15) is 0 Å². The summed E-state index contributed by atoms with van der Waals surface area (Å²) in [6.07, 6.45) is 0. The number of anilines is 3. The molecular formula is C39H24N2O2. The largest absolute Gasteiger partial charge is 0.456 e. The van der Waals surface area contributed by atoms with Crippen molar-refractivity contribution in [3.63, 3.8) is 0 Å². The van der Waals surface area contributed by atoms with Gasteiger partial charge in [-0.15, -0.1) is 0 Å². The van der Waals surface area contributed by atoms with Gasteiger partial charge in [-0.05, 0) is 64.7 Å². The smallest absolute Gasteiger partial charge is 0.227 e. The van der Waals surface area contributed by atoms with Crippen LogP contribution in [0.15, 0.2) is 154 Å². The van der Waals surface area contributed by atoms with Gasteiger partial charge in [0.2, 0.25) is 5.89 Å². The molecule has 0 aliphatic carbocycles. The molecule has 0 amide bonds. The van der Waals surface area contributed by atoms with Gasteiger partial charge in [0, 0.05) is 28.1 Å². The minimum Gasteiger partial charge on any atom is -0.456 e. The summed E-state index contributed by atoms with van der Waals surface area (Å²) in [5.74, 6) is 0.598. The lowest BCUT2D eigenvalue weighted by molar-refractivity contribution is 0.620. The molecule has 7 aromatic carbocycles. The molecule has 0 atom stereocenters. The Labute approximate surface area is 247 Å². The van der Waals surface area contributed by atoms with E-state index < -0.39 is 0 Å². The first-order valence-electron chi connectivity index (χ1n) is 14.4. The van der Waals surface area contributed by atoms with Crippen molar-refractivity contribution in [1.82, 2.24) is 4.98 Å². The highest BCUT2D eigenvalue weighted by molar-refractivity contribution is 6.19. The van der Waals surface area contributed by atoms with Gasteiger partial charge in [-0.3, -0.25) is 0 Å². The number of furan rings is 1. The van der Waals surface area contributed by atoms with E-state index in [-0.39, 0.29) is 0 Å². The van der Waals surface area contributed by atoms with Crippen molar-refractivity contribution in [2.75, 3.05) is 4.90 Å². The van der Waals surface area contributed by atoms with Crippen molar-refractivity contribution >= 4 is 71.6 Å². The molecule has 9 aromatic rings. The molecule has 0 aliphatic rings. The van der Waals surface area contributed by atoms with E-state index in [0.29, 0.717) is 5.89 Å². The molecule has 0 saturated carbocycles. The fraction of sp³-hybridized carbons (Fsp3) is 0. The summed E-state index contributed by atoms with van der Waals surface area (Å²) in [4.78, 5) is 7.14. The highest BCUT2D eigenvalue weighted by atomic mass is 16.4. The Morgan fingerprint density at radius 2 is 1.19 bits per heavy atom. The number of fused-ring (bicyclic) bond motifs is 7. The van der Waals surface area contributed by atoms with Crippen molar-refractivity contribution in [1.29, 1.82) is 0 Å². The number of oxazole rings is 1. The third-order valence-electron chi connectivity index (χ3n) is 8.25. The second kappa shape index (κ2) is 9.33. The summed E-state index contributed by atoms with van der Waals surface area (Å²) < 4.78 is 12.8. The van der Waals surface area contributed by atoms with Crippen LogP contribution in [0.1, 0.15) is 0 Å². The average Bonchev–Trinajstić information content (AvgIpc) is 3.65. The number of nitrogens with zero attached hydrogens (tertiary/aromatic N) is 2. The monoisotopic (exact) mass is 552 g/mol. The van der Waals surface area contributed by atoms with Crippen molar-refractivity contribution in [3.8, 4) is 11.5 Å². The minimum absolute atomic E-state index is 0.598. The van der Waals surface area contributed by atoms with E-state index >= 15 is 0 Å². The number of hydrogen-bond donors (Lipinski definition) is 0. The van der Waals surface area contributed by atoms with Gasteiger partial charge in [-0.2, -0.15) is 0 Å². The zero-order valence-electron chi connectivity index (χ0n) is 23.1. The molecule has 0 unspecified atom stereocenters. The van der Waals surface area contributed by atoms with E-state index in [4.69, 9.17) is 13.8 Å². The molecule has 9 rings (SSSR count). The van der Waals surface area contributed by atoms with Gasteiger partial charge in [0.25, 0.3) is 0 Å². The van der Waals surface area contributed by atoms with E-state index in [1.165, 1.54) is 21.5 Å². The zero-order chi connectivity index (χ0) is 28.3. The molecule has 2 heterocycles. The topological polar surface area (TPSA) is 42.4 Å². The summed E-state index contributed by atoms with van der Waals surface area (Å²) in [5, 5.41) is 6.84. The van der Waals surface area contributed by atoms with E-state index in [2.05, 4.69) is 108 Å². The Bertz CT molecular complexity index is 2460. The Balaban J connectivity index is 1.35. The minimum atomic E-state index is 0.598. The Morgan fingerprint density at radius 3 is 2.02 bits per heavy atom. The maximum Gasteiger partial charge on any atom is 0.227 e. The van der Waals surface area contributed by atoms with E-state index in [1.54, 1.807) is 0 Å². The van der Waals surface area contributed by atoms with Gasteiger partial charge in [-0.25, -0.2) is 4.98 Å². The first kappa shape index (κ1) is 23.8. The van der Waals surface area contributed by atoms with Crippen LogP contribution in [-0.2, 0) is 0 Å². The molecule has 202 valence electrons. The summed E-state index contributed by atoms with van der Waals surface area (Å²) in [6, 6.07) is 50.4. The van der Waals surface area contributed by atoms with Crippen molar-refractivity contribution in [2.45, 2.75) is 0 Å². The highest BCUT2D eigenvalue weighted by Gasteiger charge is 2.22. The SMILES string of the molecule is c1ccc(-c2nc3cc4oc5cccc(N(c6ccccc6)c6cc7ccccc7c7ccccc67)c5c4cc3o2)cc1. The van der Waals surface area contributed by atoms with Crippen LogP contribution in [0.5, 0.6) is 0 Å². The summed E-state index contributed by atoms with van der Waals surface area (Å²) in [6.45, 7) is 0. The summed E-state index contributed by atoms with van der Waals surface area (Å²) >= 11 is 0. The molecule has 43 heavy (non-hydrogen) atoms. The predicted molar refractivity (Wildman–Crippen MR) is 176 cm³/mol. The molecule has 4 heteroatoms. The lowest BCUT2D eigenvalue weighted by Crippen LogP contribution is -2.11. The number of hydrogen-bond acceptors (Lipinski definition) is 4. The second-order valence-corrected chi connectivity index (χ2v) is 10.8. The van der Waals surface area contributed by atoms with Gasteiger partial charge in [0.05, 0.1) is 16.8 Å². The molecule has 2 aromatic heterocycles. The van der Waals surface area contributed by atoms with Crippen LogP contribution in [0.25, 0.3) is 66.0 Å². The predicted octanol–water partition coefficient (Wildman–Crippen LogP) is 11.2. The first-order valence-corrected chi connectivity index (χ1v) is 14.4. The van der Waals surface area contributed by atoms with Crippen LogP contribution < -0.4 is 4.90 Å². The van der Waals surface area contributed by atoms with Crippen molar-refractivity contribution < 1.29 is 8.83 Å². The Kier molecular flexibility index (Phi) is 5.16. The first-order chi connectivity index (χ1) is 21.3. The highest BCUT2D eigenvalue weighted by Crippen LogP contribution is 2.46. The number of para-hydroxylation sites is 1. The van der Waals surface area contributed by atoms with Crippen LogP contribution in [0.3, 0.4) is 0 Å². The fourth-order valence-electron chi connectivity index (χ4n) is 6.32. The zero-order valence-corrected chi connectivity index (χ0v) is 23.1. The van der Waals surface area contributed by atoms with Gasteiger partial charge in [0.1, 0.15) is 16.7 Å². The third-order valence-corrected chi connectivity index (χ3v) is 8.25. The number of benzene rings is 7.